The lowest BCUT2D eigenvalue weighted by molar-refractivity contribution is 0.866. The molecule has 2 rings (SSSR count). The van der Waals surface area contributed by atoms with E-state index in [4.69, 9.17) is 5.84 Å². The minimum Gasteiger partial charge on any atom is -0.372 e. The van der Waals surface area contributed by atoms with Gasteiger partial charge < -0.3 is 10.7 Å². The molecule has 0 fully saturated rings. The highest BCUT2D eigenvalue weighted by molar-refractivity contribution is 5.80. The maximum atomic E-state index is 5.72. The van der Waals surface area contributed by atoms with E-state index in [0.29, 0.717) is 11.8 Å². The summed E-state index contributed by atoms with van der Waals surface area (Å²) in [4.78, 5) is 2.29. The highest BCUT2D eigenvalue weighted by Crippen LogP contribution is 2.14. The highest BCUT2D eigenvalue weighted by atomic mass is 15.5. The third kappa shape index (κ3) is 3.50. The summed E-state index contributed by atoms with van der Waals surface area (Å²) in [6.45, 7) is 8.06. The first kappa shape index (κ1) is 14.8. The van der Waals surface area contributed by atoms with E-state index < -0.39 is 0 Å². The number of benzene rings is 1. The third-order valence-corrected chi connectivity index (χ3v) is 3.27. The van der Waals surface area contributed by atoms with Gasteiger partial charge in [0.2, 0.25) is 0 Å². The predicted octanol–water partition coefficient (Wildman–Crippen LogP) is 1.59. The van der Waals surface area contributed by atoms with E-state index in [9.17, 15) is 0 Å². The van der Waals surface area contributed by atoms with Gasteiger partial charge in [0.05, 0.1) is 6.21 Å². The maximum Gasteiger partial charge on any atom is 0.263 e. The minimum atomic E-state index is 0.406. The summed E-state index contributed by atoms with van der Waals surface area (Å²) in [5.74, 6) is 6.74. The lowest BCUT2D eigenvalue weighted by Gasteiger charge is -2.20. The SMILES string of the molecule is CCN(CC)c1ccc(/C=N\Nc2nnc(C)n2N)cc1. The van der Waals surface area contributed by atoms with Gasteiger partial charge in [0.25, 0.3) is 5.95 Å². The van der Waals surface area contributed by atoms with Crippen molar-refractivity contribution in [2.45, 2.75) is 20.8 Å². The zero-order valence-corrected chi connectivity index (χ0v) is 12.6. The van der Waals surface area contributed by atoms with Gasteiger partial charge in [0.15, 0.2) is 5.82 Å². The quantitative estimate of drug-likeness (QED) is 0.479. The topological polar surface area (TPSA) is 84.4 Å². The Labute approximate surface area is 124 Å². The standard InChI is InChI=1S/C14H21N7/c1-4-20(5-2)13-8-6-12(7-9-13)10-16-18-14-19-17-11(3)21(14)15/h6-10H,4-5,15H2,1-3H3,(H,18,19)/b16-10-. The lowest BCUT2D eigenvalue weighted by Crippen LogP contribution is -2.21. The van der Waals surface area contributed by atoms with E-state index in [1.54, 1.807) is 13.1 Å². The third-order valence-electron chi connectivity index (χ3n) is 3.27. The predicted molar refractivity (Wildman–Crippen MR) is 86.1 cm³/mol. The summed E-state index contributed by atoms with van der Waals surface area (Å²) in [7, 11) is 0. The molecule has 2 aromatic rings. The molecule has 0 saturated heterocycles. The Bertz CT molecular complexity index is 596. The lowest BCUT2D eigenvalue weighted by atomic mass is 10.2. The fraction of sp³-hybridized carbons (Fsp3) is 0.357. The Balaban J connectivity index is 2.00. The first-order chi connectivity index (χ1) is 10.2. The minimum absolute atomic E-state index is 0.406. The first-order valence-corrected chi connectivity index (χ1v) is 6.96. The van der Waals surface area contributed by atoms with Crippen molar-refractivity contribution in [3.63, 3.8) is 0 Å². The van der Waals surface area contributed by atoms with E-state index in [-0.39, 0.29) is 0 Å². The number of anilines is 2. The van der Waals surface area contributed by atoms with E-state index in [0.717, 1.165) is 18.7 Å². The number of nitrogens with one attached hydrogen (secondary N) is 1. The monoisotopic (exact) mass is 287 g/mol. The number of aromatic nitrogens is 3. The van der Waals surface area contributed by atoms with Crippen LogP contribution in [-0.2, 0) is 0 Å². The summed E-state index contributed by atoms with van der Waals surface area (Å²) < 4.78 is 1.35. The van der Waals surface area contributed by atoms with Gasteiger partial charge in [-0.25, -0.2) is 10.1 Å². The summed E-state index contributed by atoms with van der Waals surface area (Å²) >= 11 is 0. The fourth-order valence-electron chi connectivity index (χ4n) is 1.97. The Hall–Kier alpha value is -2.57. The van der Waals surface area contributed by atoms with Gasteiger partial charge >= 0.3 is 0 Å². The molecule has 0 bridgehead atoms. The van der Waals surface area contributed by atoms with Crippen molar-refractivity contribution in [1.82, 2.24) is 14.9 Å². The number of hydrazone groups is 1. The molecular formula is C14H21N7. The molecule has 1 heterocycles. The fourth-order valence-corrected chi connectivity index (χ4v) is 1.97. The average molecular weight is 287 g/mol. The van der Waals surface area contributed by atoms with E-state index in [1.165, 1.54) is 10.4 Å². The van der Waals surface area contributed by atoms with Gasteiger partial charge in [0, 0.05) is 18.8 Å². The van der Waals surface area contributed by atoms with Crippen LogP contribution in [-0.4, -0.2) is 34.2 Å². The highest BCUT2D eigenvalue weighted by Gasteiger charge is 2.03. The van der Waals surface area contributed by atoms with Gasteiger partial charge in [-0.2, -0.15) is 5.10 Å². The molecule has 0 amide bonds. The molecule has 0 unspecified atom stereocenters. The van der Waals surface area contributed by atoms with Crippen molar-refractivity contribution in [2.24, 2.45) is 5.10 Å². The largest absolute Gasteiger partial charge is 0.372 e. The second-order valence-corrected chi connectivity index (χ2v) is 4.57. The maximum absolute atomic E-state index is 5.72. The number of aryl methyl sites for hydroxylation is 1. The molecule has 0 aliphatic heterocycles. The molecule has 0 aliphatic rings. The first-order valence-electron chi connectivity index (χ1n) is 6.96. The van der Waals surface area contributed by atoms with Crippen LogP contribution in [0.4, 0.5) is 11.6 Å². The second-order valence-electron chi connectivity index (χ2n) is 4.57. The molecule has 3 N–H and O–H groups in total. The van der Waals surface area contributed by atoms with Crippen LogP contribution in [0.15, 0.2) is 29.4 Å². The van der Waals surface area contributed by atoms with Crippen molar-refractivity contribution >= 4 is 17.9 Å². The number of nitrogen functional groups attached to an aromatic ring is 1. The molecular weight excluding hydrogens is 266 g/mol. The smallest absolute Gasteiger partial charge is 0.263 e. The molecule has 0 atom stereocenters. The van der Waals surface area contributed by atoms with Crippen molar-refractivity contribution in [2.75, 3.05) is 29.3 Å². The zero-order chi connectivity index (χ0) is 15.2. The van der Waals surface area contributed by atoms with E-state index in [2.05, 4.69) is 51.6 Å². The van der Waals surface area contributed by atoms with Crippen molar-refractivity contribution in [1.29, 1.82) is 0 Å². The van der Waals surface area contributed by atoms with Gasteiger partial charge in [-0.3, -0.25) is 0 Å². The number of nitrogens with two attached hydrogens (primary N) is 1. The van der Waals surface area contributed by atoms with Crippen LogP contribution >= 0.6 is 0 Å². The van der Waals surface area contributed by atoms with Gasteiger partial charge in [0.1, 0.15) is 0 Å². The summed E-state index contributed by atoms with van der Waals surface area (Å²) in [6, 6.07) is 8.22. The second kappa shape index (κ2) is 6.74. The van der Waals surface area contributed by atoms with Gasteiger partial charge in [-0.1, -0.05) is 12.1 Å². The molecule has 1 aromatic carbocycles. The molecule has 0 saturated carbocycles. The molecule has 7 nitrogen and oxygen atoms in total. The Kier molecular flexibility index (Phi) is 4.76. The zero-order valence-electron chi connectivity index (χ0n) is 12.6. The summed E-state index contributed by atoms with van der Waals surface area (Å²) in [5.41, 5.74) is 4.97. The molecule has 21 heavy (non-hydrogen) atoms. The van der Waals surface area contributed by atoms with Crippen LogP contribution < -0.4 is 16.2 Å². The van der Waals surface area contributed by atoms with Crippen LogP contribution in [0.2, 0.25) is 0 Å². The number of nitrogens with zero attached hydrogens (tertiary/aromatic N) is 5. The molecule has 7 heteroatoms. The molecule has 1 aromatic heterocycles. The molecule has 0 spiro atoms. The Morgan fingerprint density at radius 2 is 1.90 bits per heavy atom. The van der Waals surface area contributed by atoms with Crippen molar-refractivity contribution < 1.29 is 0 Å². The molecule has 0 radical (unpaired) electrons. The van der Waals surface area contributed by atoms with Crippen LogP contribution in [0.25, 0.3) is 0 Å². The van der Waals surface area contributed by atoms with Gasteiger partial charge in [-0.05, 0) is 38.5 Å². The van der Waals surface area contributed by atoms with E-state index >= 15 is 0 Å². The van der Waals surface area contributed by atoms with Crippen LogP contribution in [0, 0.1) is 6.92 Å². The molecule has 0 aliphatic carbocycles. The number of hydrogen-bond donors (Lipinski definition) is 2. The van der Waals surface area contributed by atoms with E-state index in [1.807, 2.05) is 12.1 Å². The Morgan fingerprint density at radius 3 is 2.43 bits per heavy atom. The van der Waals surface area contributed by atoms with Crippen LogP contribution in [0.1, 0.15) is 25.2 Å². The summed E-state index contributed by atoms with van der Waals surface area (Å²) in [6.07, 6.45) is 1.72. The molecule has 112 valence electrons. The Morgan fingerprint density at radius 1 is 1.24 bits per heavy atom. The van der Waals surface area contributed by atoms with Crippen molar-refractivity contribution in [3.05, 3.63) is 35.7 Å². The normalized spacial score (nSPS) is 11.0. The average Bonchev–Trinajstić information content (AvgIpc) is 2.82. The summed E-state index contributed by atoms with van der Waals surface area (Å²) in [5, 5.41) is 11.8. The van der Waals surface area contributed by atoms with Crippen LogP contribution in [0.3, 0.4) is 0 Å². The van der Waals surface area contributed by atoms with Crippen LogP contribution in [0.5, 0.6) is 0 Å². The van der Waals surface area contributed by atoms with Gasteiger partial charge in [-0.15, -0.1) is 10.2 Å². The van der Waals surface area contributed by atoms with Crippen molar-refractivity contribution in [3.8, 4) is 0 Å². The number of rotatable bonds is 6. The number of hydrogen-bond acceptors (Lipinski definition) is 6.